The van der Waals surface area contributed by atoms with Gasteiger partial charge in [0, 0.05) is 19.6 Å². The summed E-state index contributed by atoms with van der Waals surface area (Å²) in [6, 6.07) is 8.07. The Bertz CT molecular complexity index is 861. The van der Waals surface area contributed by atoms with Crippen LogP contribution >= 0.6 is 12.4 Å². The van der Waals surface area contributed by atoms with Gasteiger partial charge < -0.3 is 20.2 Å². The van der Waals surface area contributed by atoms with Crippen LogP contribution in [0.5, 0.6) is 0 Å². The van der Waals surface area contributed by atoms with Gasteiger partial charge in [-0.3, -0.25) is 4.79 Å². The molecular formula is C17H22ClN3O5S. The number of morpholine rings is 1. The van der Waals surface area contributed by atoms with Crippen molar-refractivity contribution in [1.29, 1.82) is 0 Å². The maximum absolute atomic E-state index is 12.6. The first kappa shape index (κ1) is 21.4. The molecule has 0 atom stereocenters. The molecule has 148 valence electrons. The standard InChI is InChI=1S/C17H21N3O5S.ClH/c18-10-15-9-14(12-25-15)17(21)19-11-13-1-3-16(4-2-13)26(22,23)20-5-7-24-8-6-20;/h1-4,9,12H,5-8,10-11,18H2,(H,19,21);1H. The fraction of sp³-hybridized carbons (Fsp3) is 0.353. The highest BCUT2D eigenvalue weighted by Gasteiger charge is 2.26. The molecule has 1 aromatic carbocycles. The van der Waals surface area contributed by atoms with Gasteiger partial charge in [0.1, 0.15) is 12.0 Å². The van der Waals surface area contributed by atoms with Crippen molar-refractivity contribution in [3.05, 3.63) is 53.5 Å². The molecule has 0 aliphatic carbocycles. The van der Waals surface area contributed by atoms with Gasteiger partial charge in [-0.2, -0.15) is 4.31 Å². The Morgan fingerprint density at radius 3 is 2.44 bits per heavy atom. The van der Waals surface area contributed by atoms with Crippen molar-refractivity contribution in [3.63, 3.8) is 0 Å². The van der Waals surface area contributed by atoms with Crippen molar-refractivity contribution in [2.45, 2.75) is 18.0 Å². The van der Waals surface area contributed by atoms with Gasteiger partial charge in [-0.25, -0.2) is 8.42 Å². The molecule has 0 saturated carbocycles. The number of nitrogens with two attached hydrogens (primary N) is 1. The predicted octanol–water partition coefficient (Wildman–Crippen LogP) is 1.11. The predicted molar refractivity (Wildman–Crippen MR) is 101 cm³/mol. The quantitative estimate of drug-likeness (QED) is 0.730. The number of benzene rings is 1. The summed E-state index contributed by atoms with van der Waals surface area (Å²) >= 11 is 0. The van der Waals surface area contributed by atoms with Crippen LogP contribution in [0.4, 0.5) is 0 Å². The topological polar surface area (TPSA) is 115 Å². The summed E-state index contributed by atoms with van der Waals surface area (Å²) < 4.78 is 36.9. The Balaban J connectivity index is 0.00000261. The lowest BCUT2D eigenvalue weighted by Gasteiger charge is -2.26. The number of nitrogens with zero attached hydrogens (tertiary/aromatic N) is 1. The van der Waals surface area contributed by atoms with Crippen LogP contribution in [0.15, 0.2) is 45.9 Å². The molecule has 1 fully saturated rings. The van der Waals surface area contributed by atoms with Crippen LogP contribution in [-0.2, 0) is 27.8 Å². The molecule has 3 N–H and O–H groups in total. The maximum atomic E-state index is 12.6. The zero-order valence-corrected chi connectivity index (χ0v) is 16.2. The van der Waals surface area contributed by atoms with E-state index in [0.29, 0.717) is 37.6 Å². The highest BCUT2D eigenvalue weighted by molar-refractivity contribution is 7.89. The van der Waals surface area contributed by atoms with E-state index in [0.717, 1.165) is 5.56 Å². The number of hydrogen-bond acceptors (Lipinski definition) is 6. The van der Waals surface area contributed by atoms with Gasteiger partial charge in [0.2, 0.25) is 10.0 Å². The van der Waals surface area contributed by atoms with Crippen molar-refractivity contribution in [3.8, 4) is 0 Å². The number of sulfonamides is 1. The first-order valence-corrected chi connectivity index (χ1v) is 9.67. The zero-order valence-electron chi connectivity index (χ0n) is 14.6. The summed E-state index contributed by atoms with van der Waals surface area (Å²) in [5.74, 6) is 0.256. The van der Waals surface area contributed by atoms with Crippen molar-refractivity contribution < 1.29 is 22.4 Å². The van der Waals surface area contributed by atoms with E-state index in [1.54, 1.807) is 30.3 Å². The second-order valence-corrected chi connectivity index (χ2v) is 7.79. The molecule has 1 aliphatic rings. The zero-order chi connectivity index (χ0) is 18.6. The molecule has 2 aromatic rings. The van der Waals surface area contributed by atoms with Crippen molar-refractivity contribution in [1.82, 2.24) is 9.62 Å². The number of furan rings is 1. The van der Waals surface area contributed by atoms with E-state index in [9.17, 15) is 13.2 Å². The van der Waals surface area contributed by atoms with Gasteiger partial charge in [-0.05, 0) is 23.8 Å². The van der Waals surface area contributed by atoms with E-state index >= 15 is 0 Å². The Hall–Kier alpha value is -1.91. The summed E-state index contributed by atoms with van der Waals surface area (Å²) in [7, 11) is -3.51. The van der Waals surface area contributed by atoms with E-state index in [4.69, 9.17) is 14.9 Å². The third-order valence-corrected chi connectivity index (χ3v) is 6.01. The first-order chi connectivity index (χ1) is 12.5. The molecule has 0 unspecified atom stereocenters. The van der Waals surface area contributed by atoms with E-state index < -0.39 is 10.0 Å². The summed E-state index contributed by atoms with van der Waals surface area (Å²) in [6.45, 7) is 2.03. The van der Waals surface area contributed by atoms with Gasteiger partial charge in [-0.1, -0.05) is 12.1 Å². The smallest absolute Gasteiger partial charge is 0.254 e. The van der Waals surface area contributed by atoms with Crippen molar-refractivity contribution >= 4 is 28.3 Å². The maximum Gasteiger partial charge on any atom is 0.254 e. The van der Waals surface area contributed by atoms with Crippen LogP contribution in [0.1, 0.15) is 21.7 Å². The monoisotopic (exact) mass is 415 g/mol. The molecule has 0 radical (unpaired) electrons. The van der Waals surface area contributed by atoms with E-state index in [1.807, 2.05) is 0 Å². The van der Waals surface area contributed by atoms with E-state index in [-0.39, 0.29) is 36.3 Å². The Morgan fingerprint density at radius 1 is 1.19 bits per heavy atom. The lowest BCUT2D eigenvalue weighted by Crippen LogP contribution is -2.40. The fourth-order valence-corrected chi connectivity index (χ4v) is 4.01. The minimum atomic E-state index is -3.51. The number of halogens is 1. The molecule has 1 aromatic heterocycles. The van der Waals surface area contributed by atoms with Gasteiger partial charge in [0.15, 0.2) is 0 Å². The summed E-state index contributed by atoms with van der Waals surface area (Å²) in [5.41, 5.74) is 6.64. The number of amides is 1. The lowest BCUT2D eigenvalue weighted by molar-refractivity contribution is 0.0730. The number of carbonyl (C=O) groups excluding carboxylic acids is 1. The summed E-state index contributed by atoms with van der Waals surface area (Å²) in [4.78, 5) is 12.3. The molecule has 27 heavy (non-hydrogen) atoms. The molecule has 3 rings (SSSR count). The molecule has 10 heteroatoms. The van der Waals surface area contributed by atoms with Gasteiger partial charge >= 0.3 is 0 Å². The Morgan fingerprint density at radius 2 is 1.85 bits per heavy atom. The van der Waals surface area contributed by atoms with E-state index in [1.165, 1.54) is 10.6 Å². The molecule has 0 spiro atoms. The van der Waals surface area contributed by atoms with Crippen molar-refractivity contribution in [2.24, 2.45) is 5.73 Å². The molecule has 1 amide bonds. The van der Waals surface area contributed by atoms with Crippen LogP contribution in [0.3, 0.4) is 0 Å². The van der Waals surface area contributed by atoms with Crippen LogP contribution in [0, 0.1) is 0 Å². The fourth-order valence-electron chi connectivity index (χ4n) is 2.61. The third kappa shape index (κ3) is 5.08. The second kappa shape index (κ2) is 9.34. The highest BCUT2D eigenvalue weighted by atomic mass is 35.5. The van der Waals surface area contributed by atoms with Gasteiger partial charge in [-0.15, -0.1) is 12.4 Å². The van der Waals surface area contributed by atoms with Crippen LogP contribution in [-0.4, -0.2) is 44.9 Å². The van der Waals surface area contributed by atoms with Gasteiger partial charge in [0.05, 0.1) is 30.2 Å². The molecule has 8 nitrogen and oxygen atoms in total. The number of carbonyl (C=O) groups is 1. The summed E-state index contributed by atoms with van der Waals surface area (Å²) in [5, 5.41) is 2.76. The average Bonchev–Trinajstić information content (AvgIpc) is 3.16. The van der Waals surface area contributed by atoms with Crippen LogP contribution in [0.2, 0.25) is 0 Å². The number of hydrogen-bond donors (Lipinski definition) is 2. The number of nitrogens with one attached hydrogen (secondary N) is 1. The van der Waals surface area contributed by atoms with Crippen LogP contribution < -0.4 is 11.1 Å². The normalized spacial score (nSPS) is 15.1. The minimum absolute atomic E-state index is 0. The highest BCUT2D eigenvalue weighted by Crippen LogP contribution is 2.17. The first-order valence-electron chi connectivity index (χ1n) is 8.23. The van der Waals surface area contributed by atoms with Crippen molar-refractivity contribution in [2.75, 3.05) is 26.3 Å². The third-order valence-electron chi connectivity index (χ3n) is 4.10. The van der Waals surface area contributed by atoms with Crippen LogP contribution in [0.25, 0.3) is 0 Å². The van der Waals surface area contributed by atoms with Gasteiger partial charge in [0.25, 0.3) is 5.91 Å². The molecule has 0 bridgehead atoms. The SMILES string of the molecule is Cl.NCc1cc(C(=O)NCc2ccc(S(=O)(=O)N3CCOCC3)cc2)co1. The molecule has 2 heterocycles. The lowest BCUT2D eigenvalue weighted by atomic mass is 10.2. The minimum Gasteiger partial charge on any atom is -0.467 e. The number of ether oxygens (including phenoxy) is 1. The molecule has 1 aliphatic heterocycles. The molecular weight excluding hydrogens is 394 g/mol. The average molecular weight is 416 g/mol. The molecule has 1 saturated heterocycles. The van der Waals surface area contributed by atoms with E-state index in [2.05, 4.69) is 5.32 Å². The Labute approximate surface area is 164 Å². The summed E-state index contributed by atoms with van der Waals surface area (Å²) in [6.07, 6.45) is 1.36. The Kier molecular flexibility index (Phi) is 7.40. The largest absolute Gasteiger partial charge is 0.467 e. The number of rotatable bonds is 6. The second-order valence-electron chi connectivity index (χ2n) is 5.85.